The van der Waals surface area contributed by atoms with Gasteiger partial charge in [-0.2, -0.15) is 0 Å². The van der Waals surface area contributed by atoms with E-state index in [1.165, 1.54) is 4.88 Å². The zero-order chi connectivity index (χ0) is 13.9. The maximum Gasteiger partial charge on any atom is 0.193 e. The molecule has 1 N–H and O–H groups in total. The van der Waals surface area contributed by atoms with Crippen molar-refractivity contribution in [2.24, 2.45) is 0 Å². The van der Waals surface area contributed by atoms with Crippen LogP contribution in [0, 0.1) is 0 Å². The molecule has 0 amide bonds. The summed E-state index contributed by atoms with van der Waals surface area (Å²) in [7, 11) is 0. The van der Waals surface area contributed by atoms with Crippen molar-refractivity contribution in [1.82, 2.24) is 14.7 Å². The maximum absolute atomic E-state index is 6.06. The predicted octanol–water partition coefficient (Wildman–Crippen LogP) is 4.39. The fraction of sp³-hybridized carbons (Fsp3) is 0.357. The van der Waals surface area contributed by atoms with Crippen molar-refractivity contribution in [1.29, 1.82) is 0 Å². The van der Waals surface area contributed by atoms with Gasteiger partial charge >= 0.3 is 0 Å². The first-order chi connectivity index (χ1) is 9.76. The molecular weight excluding hydrogens is 310 g/mol. The van der Waals surface area contributed by atoms with E-state index < -0.39 is 0 Å². The topological polar surface area (TPSA) is 29.3 Å². The zero-order valence-corrected chi connectivity index (χ0v) is 13.6. The lowest BCUT2D eigenvalue weighted by Crippen LogP contribution is -2.23. The van der Waals surface area contributed by atoms with Gasteiger partial charge in [-0.3, -0.25) is 4.40 Å². The van der Waals surface area contributed by atoms with Crippen LogP contribution < -0.4 is 5.32 Å². The van der Waals surface area contributed by atoms with Crippen LogP contribution in [-0.4, -0.2) is 15.9 Å². The van der Waals surface area contributed by atoms with E-state index in [1.54, 1.807) is 22.7 Å². The van der Waals surface area contributed by atoms with Crippen molar-refractivity contribution in [2.75, 3.05) is 6.54 Å². The van der Waals surface area contributed by atoms with Crippen LogP contribution in [-0.2, 0) is 6.42 Å². The smallest absolute Gasteiger partial charge is 0.193 e. The SMILES string of the molecule is CCCNC(Cc1cn2ccsc2n1)c1ccc(Cl)s1. The van der Waals surface area contributed by atoms with Crippen molar-refractivity contribution >= 4 is 39.2 Å². The molecule has 6 heteroatoms. The van der Waals surface area contributed by atoms with Crippen LogP contribution >= 0.6 is 34.3 Å². The first kappa shape index (κ1) is 14.1. The number of imidazole rings is 1. The minimum absolute atomic E-state index is 0.289. The van der Waals surface area contributed by atoms with Gasteiger partial charge in [0.15, 0.2) is 4.96 Å². The number of hydrogen-bond acceptors (Lipinski definition) is 4. The molecule has 0 fully saturated rings. The largest absolute Gasteiger partial charge is 0.309 e. The Morgan fingerprint density at radius 1 is 1.45 bits per heavy atom. The summed E-state index contributed by atoms with van der Waals surface area (Å²) in [5.74, 6) is 0. The van der Waals surface area contributed by atoms with Crippen LogP contribution in [0.25, 0.3) is 4.96 Å². The quantitative estimate of drug-likeness (QED) is 0.728. The normalized spacial score (nSPS) is 13.1. The van der Waals surface area contributed by atoms with Crippen molar-refractivity contribution < 1.29 is 0 Å². The van der Waals surface area contributed by atoms with Crippen molar-refractivity contribution in [3.8, 4) is 0 Å². The van der Waals surface area contributed by atoms with E-state index in [2.05, 4.69) is 39.3 Å². The minimum Gasteiger partial charge on any atom is -0.309 e. The second-order valence-electron chi connectivity index (χ2n) is 4.68. The highest BCUT2D eigenvalue weighted by Crippen LogP contribution is 2.29. The van der Waals surface area contributed by atoms with Crippen LogP contribution in [0.3, 0.4) is 0 Å². The van der Waals surface area contributed by atoms with Gasteiger partial charge in [0.25, 0.3) is 0 Å². The van der Waals surface area contributed by atoms with E-state index in [-0.39, 0.29) is 6.04 Å². The molecule has 0 bridgehead atoms. The Morgan fingerprint density at radius 2 is 2.35 bits per heavy atom. The van der Waals surface area contributed by atoms with E-state index in [4.69, 9.17) is 11.6 Å². The van der Waals surface area contributed by atoms with Crippen LogP contribution in [0.15, 0.2) is 29.9 Å². The van der Waals surface area contributed by atoms with E-state index in [9.17, 15) is 0 Å². The molecule has 0 aliphatic heterocycles. The lowest BCUT2D eigenvalue weighted by molar-refractivity contribution is 0.532. The van der Waals surface area contributed by atoms with Crippen molar-refractivity contribution in [2.45, 2.75) is 25.8 Å². The average molecular weight is 326 g/mol. The fourth-order valence-corrected chi connectivity index (χ4v) is 4.05. The number of thiazole rings is 1. The molecule has 0 aliphatic carbocycles. The number of aromatic nitrogens is 2. The molecule has 3 aromatic rings. The number of hydrogen-bond donors (Lipinski definition) is 1. The molecule has 0 aliphatic rings. The molecule has 0 saturated heterocycles. The number of thiophene rings is 1. The molecule has 3 nitrogen and oxygen atoms in total. The number of nitrogens with zero attached hydrogens (tertiary/aromatic N) is 2. The van der Waals surface area contributed by atoms with Gasteiger partial charge in [0.2, 0.25) is 0 Å². The monoisotopic (exact) mass is 325 g/mol. The van der Waals surface area contributed by atoms with Gasteiger partial charge in [0.05, 0.1) is 10.0 Å². The van der Waals surface area contributed by atoms with Crippen LogP contribution in [0.5, 0.6) is 0 Å². The van der Waals surface area contributed by atoms with Crippen LogP contribution in [0.1, 0.15) is 30.0 Å². The van der Waals surface area contributed by atoms with E-state index in [1.807, 2.05) is 12.3 Å². The van der Waals surface area contributed by atoms with Crippen molar-refractivity contribution in [3.63, 3.8) is 0 Å². The molecule has 0 spiro atoms. The highest BCUT2D eigenvalue weighted by Gasteiger charge is 2.16. The van der Waals surface area contributed by atoms with Gasteiger partial charge in [0.1, 0.15) is 0 Å². The standard InChI is InChI=1S/C14H16ClN3S2/c1-2-5-16-11(12-3-4-13(15)20-12)8-10-9-18-6-7-19-14(18)17-10/h3-4,6-7,9,11,16H,2,5,8H2,1H3. The molecule has 0 aromatic carbocycles. The van der Waals surface area contributed by atoms with Gasteiger partial charge in [-0.15, -0.1) is 22.7 Å². The molecule has 3 heterocycles. The van der Waals surface area contributed by atoms with E-state index >= 15 is 0 Å². The van der Waals surface area contributed by atoms with E-state index in [0.29, 0.717) is 0 Å². The summed E-state index contributed by atoms with van der Waals surface area (Å²) in [6.07, 6.45) is 6.17. The summed E-state index contributed by atoms with van der Waals surface area (Å²) in [4.78, 5) is 7.00. The fourth-order valence-electron chi connectivity index (χ4n) is 2.19. The van der Waals surface area contributed by atoms with Crippen LogP contribution in [0.4, 0.5) is 0 Å². The third kappa shape index (κ3) is 3.06. The summed E-state index contributed by atoms with van der Waals surface area (Å²) in [6, 6.07) is 4.37. The number of halogens is 1. The van der Waals surface area contributed by atoms with Gasteiger partial charge in [-0.05, 0) is 25.1 Å². The summed E-state index contributed by atoms with van der Waals surface area (Å²) in [5, 5.41) is 5.64. The number of nitrogens with one attached hydrogen (secondary N) is 1. The highest BCUT2D eigenvalue weighted by molar-refractivity contribution is 7.16. The molecule has 3 aromatic heterocycles. The second kappa shape index (κ2) is 6.26. The zero-order valence-electron chi connectivity index (χ0n) is 11.2. The summed E-state index contributed by atoms with van der Waals surface area (Å²) in [6.45, 7) is 3.18. The Balaban J connectivity index is 1.80. The third-order valence-corrected chi connectivity index (χ3v) is 5.25. The lowest BCUT2D eigenvalue weighted by Gasteiger charge is -2.15. The predicted molar refractivity (Wildman–Crippen MR) is 87.1 cm³/mol. The molecule has 1 unspecified atom stereocenters. The van der Waals surface area contributed by atoms with Crippen molar-refractivity contribution in [3.05, 3.63) is 44.8 Å². The number of fused-ring (bicyclic) bond motifs is 1. The first-order valence-electron chi connectivity index (χ1n) is 6.66. The van der Waals surface area contributed by atoms with Crippen LogP contribution in [0.2, 0.25) is 4.34 Å². The maximum atomic E-state index is 6.06. The molecule has 0 saturated carbocycles. The molecule has 3 rings (SSSR count). The Bertz CT molecular complexity index is 657. The minimum atomic E-state index is 0.289. The second-order valence-corrected chi connectivity index (χ2v) is 7.30. The first-order valence-corrected chi connectivity index (χ1v) is 8.73. The highest BCUT2D eigenvalue weighted by atomic mass is 35.5. The Kier molecular flexibility index (Phi) is 4.41. The third-order valence-electron chi connectivity index (χ3n) is 3.13. The summed E-state index contributed by atoms with van der Waals surface area (Å²) < 4.78 is 2.92. The molecule has 0 radical (unpaired) electrons. The Labute approximate surface area is 131 Å². The molecule has 106 valence electrons. The Morgan fingerprint density at radius 3 is 3.05 bits per heavy atom. The van der Waals surface area contributed by atoms with E-state index in [0.717, 1.165) is 34.4 Å². The number of rotatable bonds is 6. The molecular formula is C14H16ClN3S2. The van der Waals surface area contributed by atoms with Gasteiger partial charge in [-0.25, -0.2) is 4.98 Å². The Hall–Kier alpha value is -0.880. The van der Waals surface area contributed by atoms with Gasteiger partial charge in [-0.1, -0.05) is 18.5 Å². The lowest BCUT2D eigenvalue weighted by atomic mass is 10.1. The molecule has 20 heavy (non-hydrogen) atoms. The summed E-state index contributed by atoms with van der Waals surface area (Å²) >= 11 is 9.37. The van der Waals surface area contributed by atoms with Gasteiger partial charge in [0, 0.05) is 35.1 Å². The van der Waals surface area contributed by atoms with Gasteiger partial charge < -0.3 is 5.32 Å². The molecule has 1 atom stereocenters. The average Bonchev–Trinajstić information content (AvgIpc) is 3.09. The summed E-state index contributed by atoms with van der Waals surface area (Å²) in [5.41, 5.74) is 1.12.